The predicted molar refractivity (Wildman–Crippen MR) is 152 cm³/mol. The minimum absolute atomic E-state index is 0.213. The molecular weight excluding hydrogens is 529 g/mol. The fraction of sp³-hybridized carbons (Fsp3) is 0.467. The van der Waals surface area contributed by atoms with Gasteiger partial charge < -0.3 is 20.5 Å². The predicted octanol–water partition coefficient (Wildman–Crippen LogP) is 2.67. The highest BCUT2D eigenvalue weighted by Gasteiger charge is 2.43. The topological polar surface area (TPSA) is 126 Å². The van der Waals surface area contributed by atoms with E-state index in [0.717, 1.165) is 12.8 Å². The van der Waals surface area contributed by atoms with Crippen LogP contribution in [0.3, 0.4) is 0 Å². The van der Waals surface area contributed by atoms with Crippen molar-refractivity contribution in [3.8, 4) is 16.9 Å². The Kier molecular flexibility index (Phi) is 8.37. The number of likely N-dealkylation sites (N-methyl/N-ethyl adjacent to an activating group) is 1. The van der Waals surface area contributed by atoms with Gasteiger partial charge in [0.15, 0.2) is 0 Å². The molecule has 10 nitrogen and oxygen atoms in total. The van der Waals surface area contributed by atoms with E-state index in [2.05, 4.69) is 27.4 Å². The molecule has 1 aromatic carbocycles. The van der Waals surface area contributed by atoms with Crippen LogP contribution in [0, 0.1) is 11.7 Å². The second-order valence-corrected chi connectivity index (χ2v) is 11.0. The zero-order valence-electron chi connectivity index (χ0n) is 23.4. The van der Waals surface area contributed by atoms with E-state index in [1.807, 2.05) is 0 Å². The van der Waals surface area contributed by atoms with E-state index in [9.17, 15) is 23.9 Å². The molecule has 3 aromatic rings. The number of nitrogens with one attached hydrogen (secondary N) is 2. The van der Waals surface area contributed by atoms with Gasteiger partial charge in [0.05, 0.1) is 18.6 Å². The number of nitrogens with zero attached hydrogens (tertiary/aromatic N) is 3. The maximum absolute atomic E-state index is 13.9. The Morgan fingerprint density at radius 2 is 1.80 bits per heavy atom. The number of aromatic hydroxyl groups is 1. The molecule has 3 heterocycles. The number of benzene rings is 1. The van der Waals surface area contributed by atoms with Gasteiger partial charge in [0, 0.05) is 45.0 Å². The number of halogens is 1. The average molecular weight is 566 g/mol. The van der Waals surface area contributed by atoms with Crippen LogP contribution >= 0.6 is 0 Å². The van der Waals surface area contributed by atoms with Gasteiger partial charge in [-0.2, -0.15) is 0 Å². The van der Waals surface area contributed by atoms with Crippen LogP contribution in [0.5, 0.6) is 5.75 Å². The standard InChI is InChI=1S/C30H36FN5O5/c1-19-7-9-30(10-8-19,29(40)32-2)34-27(38)24-25(37)23-17-21(20-3-5-22(31)6-4-20)18-33-26(23)36(28(24)39)12-11-35-13-15-41-16-14-35/h3-6,17-19,37H,7-16H2,1-2H3,(H,32,40)(H,34,38)/t19-,30-. The van der Waals surface area contributed by atoms with Gasteiger partial charge in [0.25, 0.3) is 11.5 Å². The summed E-state index contributed by atoms with van der Waals surface area (Å²) in [5.74, 6) is -1.61. The van der Waals surface area contributed by atoms with Crippen LogP contribution in [0.15, 0.2) is 41.3 Å². The van der Waals surface area contributed by atoms with Crippen LogP contribution < -0.4 is 16.2 Å². The third-order valence-electron chi connectivity index (χ3n) is 8.36. The first-order valence-corrected chi connectivity index (χ1v) is 14.1. The van der Waals surface area contributed by atoms with Crippen molar-refractivity contribution in [1.82, 2.24) is 25.1 Å². The quantitative estimate of drug-likeness (QED) is 0.402. The Morgan fingerprint density at radius 1 is 1.12 bits per heavy atom. The average Bonchev–Trinajstić information content (AvgIpc) is 2.98. The Hall–Kier alpha value is -3.83. The lowest BCUT2D eigenvalue weighted by Crippen LogP contribution is -2.60. The molecule has 0 unspecified atom stereocenters. The van der Waals surface area contributed by atoms with Gasteiger partial charge in [-0.05, 0) is 55.4 Å². The van der Waals surface area contributed by atoms with Gasteiger partial charge in [0.1, 0.15) is 28.3 Å². The monoisotopic (exact) mass is 565 g/mol. The van der Waals surface area contributed by atoms with Crippen LogP contribution in [0.4, 0.5) is 4.39 Å². The highest BCUT2D eigenvalue weighted by molar-refractivity contribution is 6.04. The van der Waals surface area contributed by atoms with E-state index in [-0.39, 0.29) is 29.3 Å². The number of hydrogen-bond donors (Lipinski definition) is 3. The largest absolute Gasteiger partial charge is 0.506 e. The van der Waals surface area contributed by atoms with Crippen LogP contribution in [0.25, 0.3) is 22.2 Å². The first-order valence-electron chi connectivity index (χ1n) is 14.1. The number of ether oxygens (including phenoxy) is 1. The third kappa shape index (κ3) is 5.82. The van der Waals surface area contributed by atoms with Gasteiger partial charge in [0.2, 0.25) is 5.91 Å². The van der Waals surface area contributed by atoms with Crippen molar-refractivity contribution in [3.05, 3.63) is 58.3 Å². The summed E-state index contributed by atoms with van der Waals surface area (Å²) in [5.41, 5.74) is -0.819. The van der Waals surface area contributed by atoms with E-state index in [4.69, 9.17) is 4.74 Å². The molecule has 1 aliphatic heterocycles. The van der Waals surface area contributed by atoms with E-state index in [0.29, 0.717) is 62.7 Å². The maximum Gasteiger partial charge on any atom is 0.268 e. The molecule has 0 radical (unpaired) electrons. The molecule has 2 fully saturated rings. The van der Waals surface area contributed by atoms with E-state index < -0.39 is 28.3 Å². The summed E-state index contributed by atoms with van der Waals surface area (Å²) in [6.07, 6.45) is 3.90. The highest BCUT2D eigenvalue weighted by atomic mass is 19.1. The molecule has 11 heteroatoms. The molecule has 2 amide bonds. The number of morpholine rings is 1. The number of rotatable bonds is 7. The van der Waals surface area contributed by atoms with E-state index >= 15 is 0 Å². The molecule has 2 aromatic heterocycles. The molecule has 0 atom stereocenters. The van der Waals surface area contributed by atoms with Gasteiger partial charge in [-0.25, -0.2) is 9.37 Å². The fourth-order valence-corrected chi connectivity index (χ4v) is 5.78. The molecule has 5 rings (SSSR count). The summed E-state index contributed by atoms with van der Waals surface area (Å²) >= 11 is 0. The van der Waals surface area contributed by atoms with Crippen LogP contribution in [-0.4, -0.2) is 76.8 Å². The van der Waals surface area contributed by atoms with Crippen LogP contribution in [0.1, 0.15) is 43.0 Å². The van der Waals surface area contributed by atoms with Crippen molar-refractivity contribution in [1.29, 1.82) is 0 Å². The normalized spacial score (nSPS) is 21.5. The van der Waals surface area contributed by atoms with Crippen molar-refractivity contribution in [3.63, 3.8) is 0 Å². The number of aromatic nitrogens is 2. The number of fused-ring (bicyclic) bond motifs is 1. The fourth-order valence-electron chi connectivity index (χ4n) is 5.78. The first-order chi connectivity index (χ1) is 19.7. The lowest BCUT2D eigenvalue weighted by Gasteiger charge is -2.38. The van der Waals surface area contributed by atoms with Crippen molar-refractivity contribution >= 4 is 22.8 Å². The molecule has 41 heavy (non-hydrogen) atoms. The van der Waals surface area contributed by atoms with Gasteiger partial charge >= 0.3 is 0 Å². The van der Waals surface area contributed by atoms with Crippen LogP contribution in [-0.2, 0) is 16.1 Å². The van der Waals surface area contributed by atoms with Gasteiger partial charge in [-0.1, -0.05) is 19.1 Å². The highest BCUT2D eigenvalue weighted by Crippen LogP contribution is 2.34. The Morgan fingerprint density at radius 3 is 2.46 bits per heavy atom. The zero-order chi connectivity index (χ0) is 29.1. The summed E-state index contributed by atoms with van der Waals surface area (Å²) in [4.78, 5) is 47.3. The van der Waals surface area contributed by atoms with Gasteiger partial charge in [-0.3, -0.25) is 23.9 Å². The lowest BCUT2D eigenvalue weighted by atomic mass is 9.76. The molecule has 1 aliphatic carbocycles. The number of amides is 2. The minimum atomic E-state index is -1.18. The Labute approximate surface area is 237 Å². The SMILES string of the molecule is CNC(=O)[C@]1(NC(=O)c2c(O)c3cc(-c4ccc(F)cc4)cnc3n(CCN3CCOCC3)c2=O)CC[C@H](C)CC1. The second-order valence-electron chi connectivity index (χ2n) is 11.0. The minimum Gasteiger partial charge on any atom is -0.506 e. The molecule has 3 N–H and O–H groups in total. The number of pyridine rings is 2. The van der Waals surface area contributed by atoms with Crippen molar-refractivity contribution in [2.24, 2.45) is 5.92 Å². The summed E-state index contributed by atoms with van der Waals surface area (Å²) in [7, 11) is 1.52. The molecule has 0 spiro atoms. The summed E-state index contributed by atoms with van der Waals surface area (Å²) < 4.78 is 20.4. The van der Waals surface area contributed by atoms with Crippen molar-refractivity contribution in [2.45, 2.75) is 44.7 Å². The maximum atomic E-state index is 13.9. The molecule has 1 saturated heterocycles. The van der Waals surface area contributed by atoms with Crippen LogP contribution in [0.2, 0.25) is 0 Å². The molecule has 2 aliphatic rings. The zero-order valence-corrected chi connectivity index (χ0v) is 23.4. The number of carbonyl (C=O) groups is 2. The van der Waals surface area contributed by atoms with E-state index in [1.165, 1.54) is 23.7 Å². The number of hydrogen-bond acceptors (Lipinski definition) is 7. The molecule has 0 bridgehead atoms. The molecule has 1 saturated carbocycles. The van der Waals surface area contributed by atoms with Crippen molar-refractivity contribution < 1.29 is 23.8 Å². The van der Waals surface area contributed by atoms with E-state index in [1.54, 1.807) is 24.4 Å². The smallest absolute Gasteiger partial charge is 0.268 e. The molecular formula is C30H36FN5O5. The Bertz CT molecular complexity index is 1490. The lowest BCUT2D eigenvalue weighted by molar-refractivity contribution is -0.128. The van der Waals surface area contributed by atoms with Crippen molar-refractivity contribution in [2.75, 3.05) is 39.9 Å². The number of carbonyl (C=O) groups excluding carboxylic acids is 2. The third-order valence-corrected chi connectivity index (χ3v) is 8.36. The molecule has 218 valence electrons. The first kappa shape index (κ1) is 28.7. The summed E-state index contributed by atoms with van der Waals surface area (Å²) in [6.45, 7) is 5.48. The summed E-state index contributed by atoms with van der Waals surface area (Å²) in [6, 6.07) is 7.47. The second kappa shape index (κ2) is 12.0. The Balaban J connectivity index is 1.59. The van der Waals surface area contributed by atoms with Gasteiger partial charge in [-0.15, -0.1) is 0 Å². The summed E-state index contributed by atoms with van der Waals surface area (Å²) in [5, 5.41) is 17.1.